The van der Waals surface area contributed by atoms with Crippen LogP contribution in [0.2, 0.25) is 0 Å². The summed E-state index contributed by atoms with van der Waals surface area (Å²) in [6.45, 7) is 2.04. The first-order chi connectivity index (χ1) is 11.8. The van der Waals surface area contributed by atoms with E-state index in [1.54, 1.807) is 0 Å². The first kappa shape index (κ1) is 15.3. The third-order valence-electron chi connectivity index (χ3n) is 4.62. The molecule has 0 aliphatic heterocycles. The lowest BCUT2D eigenvalue weighted by Gasteiger charge is -2.21. The standard InChI is InChI=1S/C22H19OP/c1-16-15-17-9-8-14-20(21(17)22(16)23)24(18-10-4-2-5-11-18)19-12-6-3-7-13-19/h2-14,16H,15H2,1H3. The van der Waals surface area contributed by atoms with E-state index in [1.807, 2.05) is 19.1 Å². The fraction of sp³-hybridized carbons (Fsp3) is 0.136. The van der Waals surface area contributed by atoms with E-state index in [0.717, 1.165) is 12.0 Å². The van der Waals surface area contributed by atoms with Crippen LogP contribution < -0.4 is 15.9 Å². The highest BCUT2D eigenvalue weighted by molar-refractivity contribution is 7.80. The van der Waals surface area contributed by atoms with Gasteiger partial charge in [-0.25, -0.2) is 0 Å². The summed E-state index contributed by atoms with van der Waals surface area (Å²) in [7, 11) is -0.715. The van der Waals surface area contributed by atoms with Crippen molar-refractivity contribution in [1.29, 1.82) is 0 Å². The van der Waals surface area contributed by atoms with Crippen LogP contribution in [0.1, 0.15) is 22.8 Å². The molecule has 0 saturated carbocycles. The van der Waals surface area contributed by atoms with Gasteiger partial charge in [0, 0.05) is 11.5 Å². The Balaban J connectivity index is 1.94. The van der Waals surface area contributed by atoms with Crippen molar-refractivity contribution in [3.05, 3.63) is 90.0 Å². The van der Waals surface area contributed by atoms with Gasteiger partial charge < -0.3 is 0 Å². The molecule has 118 valence electrons. The number of benzene rings is 3. The maximum atomic E-state index is 12.8. The topological polar surface area (TPSA) is 17.1 Å². The van der Waals surface area contributed by atoms with Crippen LogP contribution >= 0.6 is 7.92 Å². The van der Waals surface area contributed by atoms with Crippen molar-refractivity contribution >= 4 is 29.6 Å². The molecule has 1 unspecified atom stereocenters. The zero-order valence-electron chi connectivity index (χ0n) is 13.6. The summed E-state index contributed by atoms with van der Waals surface area (Å²) < 4.78 is 0. The Morgan fingerprint density at radius 2 is 1.38 bits per heavy atom. The third-order valence-corrected chi connectivity index (χ3v) is 7.10. The quantitative estimate of drug-likeness (QED) is 0.667. The molecule has 0 radical (unpaired) electrons. The van der Waals surface area contributed by atoms with Gasteiger partial charge in [0.1, 0.15) is 0 Å². The molecule has 3 aromatic carbocycles. The molecule has 0 amide bonds. The molecule has 4 rings (SSSR count). The van der Waals surface area contributed by atoms with Crippen LogP contribution in [0.4, 0.5) is 0 Å². The zero-order valence-corrected chi connectivity index (χ0v) is 14.5. The average Bonchev–Trinajstić information content (AvgIpc) is 2.92. The molecule has 0 saturated heterocycles. The molecule has 1 aliphatic rings. The Bertz CT molecular complexity index is 831. The molecule has 0 heterocycles. The largest absolute Gasteiger partial charge is 0.294 e. The summed E-state index contributed by atoms with van der Waals surface area (Å²) in [6, 6.07) is 27.5. The van der Waals surface area contributed by atoms with Gasteiger partial charge in [0.2, 0.25) is 0 Å². The van der Waals surface area contributed by atoms with E-state index in [4.69, 9.17) is 0 Å². The van der Waals surface area contributed by atoms with Crippen molar-refractivity contribution in [1.82, 2.24) is 0 Å². The maximum absolute atomic E-state index is 12.8. The molecule has 0 bridgehead atoms. The van der Waals surface area contributed by atoms with Crippen LogP contribution in [-0.2, 0) is 6.42 Å². The summed E-state index contributed by atoms with van der Waals surface area (Å²) in [4.78, 5) is 12.8. The zero-order chi connectivity index (χ0) is 16.5. The molecule has 0 spiro atoms. The molecule has 3 aromatic rings. The second-order valence-electron chi connectivity index (χ2n) is 6.29. The van der Waals surface area contributed by atoms with Crippen LogP contribution in [0, 0.1) is 5.92 Å². The number of Topliss-reactive ketones (excluding diaryl/α,β-unsaturated/α-hetero) is 1. The number of hydrogen-bond donors (Lipinski definition) is 0. The molecule has 0 N–H and O–H groups in total. The van der Waals surface area contributed by atoms with Crippen molar-refractivity contribution < 1.29 is 4.79 Å². The van der Waals surface area contributed by atoms with E-state index < -0.39 is 7.92 Å². The van der Waals surface area contributed by atoms with E-state index in [9.17, 15) is 4.79 Å². The van der Waals surface area contributed by atoms with Crippen LogP contribution in [0.3, 0.4) is 0 Å². The highest BCUT2D eigenvalue weighted by Gasteiger charge is 2.32. The number of carbonyl (C=O) groups excluding carboxylic acids is 1. The first-order valence-corrected chi connectivity index (χ1v) is 9.66. The van der Waals surface area contributed by atoms with E-state index >= 15 is 0 Å². The SMILES string of the molecule is CC1Cc2cccc(P(c3ccccc3)c3ccccc3)c2C1=O. The molecule has 2 heteroatoms. The number of carbonyl (C=O) groups is 1. The Labute approximate surface area is 144 Å². The van der Waals surface area contributed by atoms with E-state index in [2.05, 4.69) is 66.7 Å². The van der Waals surface area contributed by atoms with Gasteiger partial charge in [0.15, 0.2) is 5.78 Å². The highest BCUT2D eigenvalue weighted by atomic mass is 31.1. The fourth-order valence-electron chi connectivity index (χ4n) is 3.48. The molecule has 1 atom stereocenters. The lowest BCUT2D eigenvalue weighted by Crippen LogP contribution is -2.25. The van der Waals surface area contributed by atoms with Crippen molar-refractivity contribution in [2.75, 3.05) is 0 Å². The Hall–Kier alpha value is -2.24. The van der Waals surface area contributed by atoms with Gasteiger partial charge in [-0.2, -0.15) is 0 Å². The van der Waals surface area contributed by atoms with Crippen molar-refractivity contribution in [2.24, 2.45) is 5.92 Å². The Kier molecular flexibility index (Phi) is 4.04. The number of fused-ring (bicyclic) bond motifs is 1. The second kappa shape index (κ2) is 6.34. The monoisotopic (exact) mass is 330 g/mol. The summed E-state index contributed by atoms with van der Waals surface area (Å²) >= 11 is 0. The third kappa shape index (κ3) is 2.60. The van der Waals surface area contributed by atoms with Crippen LogP contribution in [0.5, 0.6) is 0 Å². The molecule has 1 nitrogen and oxygen atoms in total. The molecule has 0 aromatic heterocycles. The van der Waals surface area contributed by atoms with E-state index in [0.29, 0.717) is 5.78 Å². The van der Waals surface area contributed by atoms with E-state index in [-0.39, 0.29) is 5.92 Å². The molecule has 0 fully saturated rings. The van der Waals surface area contributed by atoms with Crippen molar-refractivity contribution in [2.45, 2.75) is 13.3 Å². The van der Waals surface area contributed by atoms with Crippen molar-refractivity contribution in [3.63, 3.8) is 0 Å². The van der Waals surface area contributed by atoms with Gasteiger partial charge in [-0.1, -0.05) is 85.8 Å². The Morgan fingerprint density at radius 3 is 1.96 bits per heavy atom. The van der Waals surface area contributed by atoms with Gasteiger partial charge in [0.25, 0.3) is 0 Å². The maximum Gasteiger partial charge on any atom is 0.166 e. The molecular weight excluding hydrogens is 311 g/mol. The summed E-state index contributed by atoms with van der Waals surface area (Å²) in [5.41, 5.74) is 2.19. The van der Waals surface area contributed by atoms with E-state index in [1.165, 1.54) is 21.5 Å². The molecule has 1 aliphatic carbocycles. The normalized spacial score (nSPS) is 16.4. The van der Waals surface area contributed by atoms with Gasteiger partial charge in [-0.15, -0.1) is 0 Å². The van der Waals surface area contributed by atoms with Crippen LogP contribution in [0.15, 0.2) is 78.9 Å². The van der Waals surface area contributed by atoms with Gasteiger partial charge in [-0.05, 0) is 35.8 Å². The summed E-state index contributed by atoms with van der Waals surface area (Å²) in [6.07, 6.45) is 0.870. The number of rotatable bonds is 3. The predicted octanol–water partition coefficient (Wildman–Crippen LogP) is 3.82. The van der Waals surface area contributed by atoms with Crippen LogP contribution in [0.25, 0.3) is 0 Å². The smallest absolute Gasteiger partial charge is 0.166 e. The predicted molar refractivity (Wildman–Crippen MR) is 102 cm³/mol. The van der Waals surface area contributed by atoms with Gasteiger partial charge in [-0.3, -0.25) is 4.79 Å². The number of ketones is 1. The minimum Gasteiger partial charge on any atom is -0.294 e. The lowest BCUT2D eigenvalue weighted by molar-refractivity contribution is 0.0947. The second-order valence-corrected chi connectivity index (χ2v) is 8.47. The summed E-state index contributed by atoms with van der Waals surface area (Å²) in [5, 5.41) is 3.79. The lowest BCUT2D eigenvalue weighted by atomic mass is 10.1. The minimum atomic E-state index is -0.715. The van der Waals surface area contributed by atoms with Crippen LogP contribution in [-0.4, -0.2) is 5.78 Å². The van der Waals surface area contributed by atoms with Gasteiger partial charge in [0.05, 0.1) is 0 Å². The first-order valence-electron chi connectivity index (χ1n) is 8.32. The molecular formula is C22H19OP. The minimum absolute atomic E-state index is 0.101. The fourth-order valence-corrected chi connectivity index (χ4v) is 5.99. The average molecular weight is 330 g/mol. The van der Waals surface area contributed by atoms with Crippen molar-refractivity contribution in [3.8, 4) is 0 Å². The molecule has 24 heavy (non-hydrogen) atoms. The highest BCUT2D eigenvalue weighted by Crippen LogP contribution is 2.37. The van der Waals surface area contributed by atoms with Gasteiger partial charge >= 0.3 is 0 Å². The summed E-state index contributed by atoms with van der Waals surface area (Å²) in [5.74, 6) is 0.407. The number of hydrogen-bond acceptors (Lipinski definition) is 1. The Morgan fingerprint density at radius 1 is 0.792 bits per heavy atom.